The summed E-state index contributed by atoms with van der Waals surface area (Å²) >= 11 is 8.73. The molecule has 1 aromatic heterocycles. The van der Waals surface area contributed by atoms with Crippen LogP contribution in [-0.2, 0) is 0 Å². The number of hydrogen-bond donors (Lipinski definition) is 1. The lowest BCUT2D eigenvalue weighted by Gasteiger charge is -2.05. The predicted molar refractivity (Wildman–Crippen MR) is 71.3 cm³/mol. The van der Waals surface area contributed by atoms with Crippen molar-refractivity contribution >= 4 is 39.1 Å². The van der Waals surface area contributed by atoms with Crippen molar-refractivity contribution in [3.05, 3.63) is 57.5 Å². The highest BCUT2D eigenvalue weighted by molar-refractivity contribution is 9.10. The zero-order valence-electron chi connectivity index (χ0n) is 8.95. The molecule has 0 atom stereocenters. The maximum atomic E-state index is 13.0. The molecule has 3 nitrogen and oxygen atoms in total. The molecule has 0 saturated carbocycles. The van der Waals surface area contributed by atoms with E-state index >= 15 is 0 Å². The molecule has 0 saturated heterocycles. The first kappa shape index (κ1) is 13.0. The van der Waals surface area contributed by atoms with Gasteiger partial charge in [0.25, 0.3) is 5.91 Å². The first-order chi connectivity index (χ1) is 8.56. The Morgan fingerprint density at radius 1 is 1.33 bits per heavy atom. The van der Waals surface area contributed by atoms with Crippen LogP contribution in [0.3, 0.4) is 0 Å². The molecule has 1 amide bonds. The van der Waals surface area contributed by atoms with Crippen LogP contribution in [0.1, 0.15) is 10.4 Å². The number of amides is 1. The van der Waals surface area contributed by atoms with E-state index in [0.29, 0.717) is 11.3 Å². The summed E-state index contributed by atoms with van der Waals surface area (Å²) in [6, 6.07) is 7.17. The van der Waals surface area contributed by atoms with Gasteiger partial charge in [0.15, 0.2) is 0 Å². The SMILES string of the molecule is O=C(Nc1ccnc(Cl)c1)c1ccc(F)c(Br)c1. The monoisotopic (exact) mass is 328 g/mol. The van der Waals surface area contributed by atoms with Crippen molar-refractivity contribution in [3.8, 4) is 0 Å². The number of carbonyl (C=O) groups excluding carboxylic acids is 1. The maximum absolute atomic E-state index is 13.0. The van der Waals surface area contributed by atoms with Gasteiger partial charge in [0, 0.05) is 17.4 Å². The Balaban J connectivity index is 2.19. The number of nitrogens with one attached hydrogen (secondary N) is 1. The van der Waals surface area contributed by atoms with Crippen LogP contribution in [0.5, 0.6) is 0 Å². The number of carbonyl (C=O) groups is 1. The molecule has 0 aliphatic heterocycles. The minimum absolute atomic E-state index is 0.239. The minimum atomic E-state index is -0.418. The molecule has 2 aromatic rings. The van der Waals surface area contributed by atoms with Crippen LogP contribution in [0.15, 0.2) is 41.0 Å². The van der Waals surface area contributed by atoms with E-state index in [1.807, 2.05) is 0 Å². The van der Waals surface area contributed by atoms with E-state index in [2.05, 4.69) is 26.2 Å². The van der Waals surface area contributed by atoms with Crippen molar-refractivity contribution < 1.29 is 9.18 Å². The fourth-order valence-corrected chi connectivity index (χ4v) is 1.87. The molecule has 1 heterocycles. The summed E-state index contributed by atoms with van der Waals surface area (Å²) in [4.78, 5) is 15.7. The number of nitrogens with zero attached hydrogens (tertiary/aromatic N) is 1. The van der Waals surface area contributed by atoms with Gasteiger partial charge in [0.2, 0.25) is 0 Å². The average molecular weight is 330 g/mol. The van der Waals surface area contributed by atoms with Crippen molar-refractivity contribution in [1.82, 2.24) is 4.98 Å². The van der Waals surface area contributed by atoms with Crippen LogP contribution in [-0.4, -0.2) is 10.9 Å². The van der Waals surface area contributed by atoms with E-state index in [-0.39, 0.29) is 15.5 Å². The lowest BCUT2D eigenvalue weighted by atomic mass is 10.2. The van der Waals surface area contributed by atoms with Gasteiger partial charge >= 0.3 is 0 Å². The molecule has 92 valence electrons. The minimum Gasteiger partial charge on any atom is -0.322 e. The molecule has 0 bridgehead atoms. The molecule has 0 fully saturated rings. The zero-order valence-corrected chi connectivity index (χ0v) is 11.3. The van der Waals surface area contributed by atoms with Crippen LogP contribution in [0.2, 0.25) is 5.15 Å². The zero-order chi connectivity index (χ0) is 13.1. The van der Waals surface area contributed by atoms with Crippen LogP contribution in [0.4, 0.5) is 10.1 Å². The normalized spacial score (nSPS) is 10.2. The van der Waals surface area contributed by atoms with Gasteiger partial charge < -0.3 is 5.32 Å². The molecule has 18 heavy (non-hydrogen) atoms. The lowest BCUT2D eigenvalue weighted by molar-refractivity contribution is 0.102. The fraction of sp³-hybridized carbons (Fsp3) is 0. The largest absolute Gasteiger partial charge is 0.322 e. The quantitative estimate of drug-likeness (QED) is 0.849. The number of pyridine rings is 1. The van der Waals surface area contributed by atoms with Crippen LogP contribution in [0.25, 0.3) is 0 Å². The highest BCUT2D eigenvalue weighted by Crippen LogP contribution is 2.18. The Morgan fingerprint density at radius 3 is 2.78 bits per heavy atom. The number of benzene rings is 1. The Morgan fingerprint density at radius 2 is 2.11 bits per heavy atom. The van der Waals surface area contributed by atoms with E-state index in [1.54, 1.807) is 6.07 Å². The van der Waals surface area contributed by atoms with Crippen LogP contribution in [0, 0.1) is 5.82 Å². The summed E-state index contributed by atoms with van der Waals surface area (Å²) in [5.41, 5.74) is 0.872. The molecule has 0 spiro atoms. The molecule has 1 aromatic carbocycles. The van der Waals surface area contributed by atoms with Crippen LogP contribution >= 0.6 is 27.5 Å². The van der Waals surface area contributed by atoms with Crippen molar-refractivity contribution in [1.29, 1.82) is 0 Å². The van der Waals surface area contributed by atoms with Crippen molar-refractivity contribution in [2.45, 2.75) is 0 Å². The molecule has 0 radical (unpaired) electrons. The topological polar surface area (TPSA) is 42.0 Å². The highest BCUT2D eigenvalue weighted by atomic mass is 79.9. The third-order valence-corrected chi connectivity index (χ3v) is 2.98. The van der Waals surface area contributed by atoms with E-state index in [0.717, 1.165) is 0 Å². The second-order valence-electron chi connectivity index (χ2n) is 3.45. The van der Waals surface area contributed by atoms with Gasteiger partial charge in [-0.2, -0.15) is 0 Å². The van der Waals surface area contributed by atoms with Crippen molar-refractivity contribution in [3.63, 3.8) is 0 Å². The van der Waals surface area contributed by atoms with Gasteiger partial charge in [-0.05, 0) is 46.3 Å². The molecule has 1 N–H and O–H groups in total. The number of halogens is 3. The number of aromatic nitrogens is 1. The summed E-state index contributed by atoms with van der Waals surface area (Å²) in [5, 5.41) is 2.92. The van der Waals surface area contributed by atoms with Crippen molar-refractivity contribution in [2.75, 3.05) is 5.32 Å². The van der Waals surface area contributed by atoms with E-state index in [9.17, 15) is 9.18 Å². The third-order valence-electron chi connectivity index (χ3n) is 2.17. The van der Waals surface area contributed by atoms with Crippen molar-refractivity contribution in [2.24, 2.45) is 0 Å². The first-order valence-electron chi connectivity index (χ1n) is 4.94. The number of anilines is 1. The highest BCUT2D eigenvalue weighted by Gasteiger charge is 2.09. The molecule has 2 rings (SSSR count). The summed E-state index contributed by atoms with van der Waals surface area (Å²) in [6.07, 6.45) is 1.48. The average Bonchev–Trinajstić information content (AvgIpc) is 2.32. The Labute approximate surface area is 116 Å². The second kappa shape index (κ2) is 5.46. The molecule has 0 aliphatic rings. The smallest absolute Gasteiger partial charge is 0.255 e. The molecule has 0 unspecified atom stereocenters. The first-order valence-corrected chi connectivity index (χ1v) is 6.11. The van der Waals surface area contributed by atoms with Crippen LogP contribution < -0.4 is 5.32 Å². The Bertz CT molecular complexity index is 606. The molecule has 0 aliphatic carbocycles. The molecule has 6 heteroatoms. The van der Waals surface area contributed by atoms with Gasteiger partial charge in [-0.25, -0.2) is 9.37 Å². The van der Waals surface area contributed by atoms with Gasteiger partial charge in [0.05, 0.1) is 4.47 Å². The van der Waals surface area contributed by atoms with Gasteiger partial charge in [-0.3, -0.25) is 4.79 Å². The molecular weight excluding hydrogens is 322 g/mol. The Hall–Kier alpha value is -1.46. The summed E-state index contributed by atoms with van der Waals surface area (Å²) < 4.78 is 13.3. The predicted octanol–water partition coefficient (Wildman–Crippen LogP) is 3.89. The summed E-state index contributed by atoms with van der Waals surface area (Å²) in [7, 11) is 0. The second-order valence-corrected chi connectivity index (χ2v) is 4.69. The van der Waals surface area contributed by atoms with Gasteiger partial charge in [0.1, 0.15) is 11.0 Å². The standard InChI is InChI=1S/C12H7BrClFN2O/c13-9-5-7(1-2-10(9)15)12(18)17-8-3-4-16-11(14)6-8/h1-6H,(H,16,17,18). The van der Waals surface area contributed by atoms with Gasteiger partial charge in [-0.15, -0.1) is 0 Å². The summed E-state index contributed by atoms with van der Waals surface area (Å²) in [5.74, 6) is -0.767. The van der Waals surface area contributed by atoms with E-state index < -0.39 is 5.82 Å². The Kier molecular flexibility index (Phi) is 3.93. The lowest BCUT2D eigenvalue weighted by Crippen LogP contribution is -2.12. The molecular formula is C12H7BrClFN2O. The van der Waals surface area contributed by atoms with Gasteiger partial charge in [-0.1, -0.05) is 11.6 Å². The third kappa shape index (κ3) is 3.05. The summed E-state index contributed by atoms with van der Waals surface area (Å²) in [6.45, 7) is 0. The number of rotatable bonds is 2. The number of hydrogen-bond acceptors (Lipinski definition) is 2. The maximum Gasteiger partial charge on any atom is 0.255 e. The van der Waals surface area contributed by atoms with E-state index in [1.165, 1.54) is 30.5 Å². The van der Waals surface area contributed by atoms with E-state index in [4.69, 9.17) is 11.6 Å². The fourth-order valence-electron chi connectivity index (χ4n) is 1.32.